The zero-order valence-corrected chi connectivity index (χ0v) is 20.9. The summed E-state index contributed by atoms with van der Waals surface area (Å²) in [5.74, 6) is -1.82. The Morgan fingerprint density at radius 1 is 1.13 bits per heavy atom. The molecule has 0 radical (unpaired) electrons. The predicted molar refractivity (Wildman–Crippen MR) is 126 cm³/mol. The maximum Gasteiger partial charge on any atom is 0.236 e. The summed E-state index contributed by atoms with van der Waals surface area (Å²) in [5.41, 5.74) is 7.95. The number of hydrogen-bond donors (Lipinski definition) is 3. The number of nitrogens with one attached hydrogen (secondary N) is 1. The van der Waals surface area contributed by atoms with Crippen LogP contribution in [0.3, 0.4) is 0 Å². The first kappa shape index (κ1) is 23.9. The highest BCUT2D eigenvalue weighted by molar-refractivity contribution is 6.77. The van der Waals surface area contributed by atoms with E-state index in [1.165, 1.54) is 0 Å². The summed E-state index contributed by atoms with van der Waals surface area (Å²) >= 11 is 0. The van der Waals surface area contributed by atoms with Crippen LogP contribution in [0.15, 0.2) is 18.2 Å². The van der Waals surface area contributed by atoms with Gasteiger partial charge in [-0.3, -0.25) is 9.59 Å². The minimum absolute atomic E-state index is 0.00181. The lowest BCUT2D eigenvalue weighted by molar-refractivity contribution is -0.128. The molecule has 7 heteroatoms. The van der Waals surface area contributed by atoms with Crippen LogP contribution in [0.1, 0.15) is 54.0 Å². The average molecular weight is 447 g/mol. The highest BCUT2D eigenvalue weighted by Crippen LogP contribution is 2.56. The van der Waals surface area contributed by atoms with Gasteiger partial charge in [0.1, 0.15) is 5.78 Å². The number of carbonyl (C=O) groups excluding carboxylic acids is 2. The molecule has 1 saturated carbocycles. The smallest absolute Gasteiger partial charge is 0.236 e. The lowest BCUT2D eigenvalue weighted by Crippen LogP contribution is -2.50. The lowest BCUT2D eigenvalue weighted by atomic mass is 9.67. The third-order valence-corrected chi connectivity index (χ3v) is 14.2. The number of carbonyl (C=O) groups is 2. The van der Waals surface area contributed by atoms with Gasteiger partial charge in [-0.2, -0.15) is 0 Å². The summed E-state index contributed by atoms with van der Waals surface area (Å²) in [6, 6.07) is 5.31. The normalized spacial score (nSPS) is 28.3. The molecule has 3 rings (SSSR count). The maximum absolute atomic E-state index is 13.5. The molecule has 1 aliphatic carbocycles. The van der Waals surface area contributed by atoms with Crippen molar-refractivity contribution in [3.8, 4) is 0 Å². The molecule has 0 bridgehead atoms. The highest BCUT2D eigenvalue weighted by Gasteiger charge is 2.66. The van der Waals surface area contributed by atoms with Crippen molar-refractivity contribution < 1.29 is 19.1 Å². The first-order valence-electron chi connectivity index (χ1n) is 11.5. The van der Waals surface area contributed by atoms with Gasteiger partial charge in [0.15, 0.2) is 8.32 Å². The zero-order chi connectivity index (χ0) is 23.3. The number of aliphatic hydroxyl groups is 1. The quantitative estimate of drug-likeness (QED) is 0.432. The van der Waals surface area contributed by atoms with E-state index in [1.54, 1.807) is 12.1 Å². The van der Waals surface area contributed by atoms with Crippen LogP contribution in [0.2, 0.25) is 16.6 Å². The number of Topliss-reactive ketones (excluding diaryl/α,β-unsaturated/α-hetero) is 1. The van der Waals surface area contributed by atoms with Crippen LogP contribution >= 0.6 is 0 Å². The van der Waals surface area contributed by atoms with Crippen molar-refractivity contribution in [2.45, 2.75) is 70.5 Å². The van der Waals surface area contributed by atoms with Crippen LogP contribution in [0.25, 0.3) is 0 Å². The topological polar surface area (TPSA) is 102 Å². The molecule has 4 N–H and O–H groups in total. The summed E-state index contributed by atoms with van der Waals surface area (Å²) in [5, 5.41) is 13.4. The van der Waals surface area contributed by atoms with Crippen molar-refractivity contribution in [3.63, 3.8) is 0 Å². The van der Waals surface area contributed by atoms with E-state index in [4.69, 9.17) is 10.2 Å². The molecule has 2 aliphatic rings. The van der Waals surface area contributed by atoms with Gasteiger partial charge in [-0.1, -0.05) is 54.5 Å². The molecule has 1 fully saturated rings. The summed E-state index contributed by atoms with van der Waals surface area (Å²) in [6.07, 6.45) is 0. The van der Waals surface area contributed by atoms with Gasteiger partial charge in [-0.05, 0) is 34.3 Å². The third-order valence-electron chi connectivity index (χ3n) is 8.08. The predicted octanol–water partition coefficient (Wildman–Crippen LogP) is 4.09. The average Bonchev–Trinajstić information content (AvgIpc) is 3.08. The van der Waals surface area contributed by atoms with Gasteiger partial charge in [0.05, 0.1) is 5.41 Å². The van der Waals surface area contributed by atoms with Gasteiger partial charge < -0.3 is 20.6 Å². The van der Waals surface area contributed by atoms with Gasteiger partial charge in [0.25, 0.3) is 0 Å². The van der Waals surface area contributed by atoms with Crippen molar-refractivity contribution >= 4 is 31.4 Å². The second-order valence-electron chi connectivity index (χ2n) is 10.3. The lowest BCUT2D eigenvalue weighted by Gasteiger charge is -2.43. The van der Waals surface area contributed by atoms with Gasteiger partial charge in [0, 0.05) is 42.3 Å². The molecule has 1 amide bonds. The van der Waals surface area contributed by atoms with E-state index in [0.717, 1.165) is 5.56 Å². The van der Waals surface area contributed by atoms with Crippen molar-refractivity contribution in [3.05, 3.63) is 23.8 Å². The van der Waals surface area contributed by atoms with Crippen molar-refractivity contribution in [1.29, 1.82) is 0 Å². The van der Waals surface area contributed by atoms with Crippen LogP contribution in [0.5, 0.6) is 0 Å². The number of nitrogen functional groups attached to an aromatic ring is 1. The first-order valence-corrected chi connectivity index (χ1v) is 13.6. The number of amides is 1. The number of ketones is 1. The Morgan fingerprint density at radius 3 is 2.23 bits per heavy atom. The summed E-state index contributed by atoms with van der Waals surface area (Å²) in [4.78, 5) is 26.8. The molecule has 172 valence electrons. The Kier molecular flexibility index (Phi) is 6.44. The van der Waals surface area contributed by atoms with Crippen LogP contribution in [0.4, 0.5) is 11.4 Å². The molecule has 1 aromatic carbocycles. The van der Waals surface area contributed by atoms with Gasteiger partial charge in [-0.25, -0.2) is 0 Å². The molecule has 0 unspecified atom stereocenters. The zero-order valence-electron chi connectivity index (χ0n) is 19.9. The third kappa shape index (κ3) is 3.28. The molecule has 0 saturated heterocycles. The minimum atomic E-state index is -2.19. The minimum Gasteiger partial charge on any atom is -0.415 e. The molecule has 1 spiro atoms. The van der Waals surface area contributed by atoms with Crippen LogP contribution in [-0.2, 0) is 19.4 Å². The Balaban J connectivity index is 2.02. The Labute approximate surface area is 187 Å². The highest BCUT2D eigenvalue weighted by atomic mass is 28.4. The molecular weight excluding hydrogens is 408 g/mol. The van der Waals surface area contributed by atoms with E-state index >= 15 is 0 Å². The second-order valence-corrected chi connectivity index (χ2v) is 15.7. The molecule has 6 nitrogen and oxygen atoms in total. The fourth-order valence-electron chi connectivity index (χ4n) is 6.76. The van der Waals surface area contributed by atoms with E-state index < -0.39 is 31.5 Å². The molecule has 1 heterocycles. The number of benzene rings is 1. The summed E-state index contributed by atoms with van der Waals surface area (Å²) < 4.78 is 6.75. The summed E-state index contributed by atoms with van der Waals surface area (Å²) in [6.45, 7) is 15.1. The number of rotatable bonds is 7. The molecule has 31 heavy (non-hydrogen) atoms. The van der Waals surface area contributed by atoms with E-state index in [0.29, 0.717) is 28.0 Å². The van der Waals surface area contributed by atoms with E-state index in [2.05, 4.69) is 46.9 Å². The molecule has 1 aliphatic heterocycles. The SMILES string of the molecule is CC(C)[Si](OC[C@@H]1C(=O)[C@@H](C)[C@@]2(C(=O)Nc3cc(N)ccc32)[C@H]1CO)(C(C)C)C(C)C. The van der Waals surface area contributed by atoms with Crippen LogP contribution in [0, 0.1) is 17.8 Å². The fraction of sp³-hybridized carbons (Fsp3) is 0.667. The van der Waals surface area contributed by atoms with Crippen molar-refractivity contribution in [2.24, 2.45) is 17.8 Å². The largest absolute Gasteiger partial charge is 0.415 e. The van der Waals surface area contributed by atoms with Gasteiger partial charge in [-0.15, -0.1) is 0 Å². The van der Waals surface area contributed by atoms with Crippen molar-refractivity contribution in [1.82, 2.24) is 0 Å². The number of hydrogen-bond acceptors (Lipinski definition) is 5. The van der Waals surface area contributed by atoms with Crippen molar-refractivity contribution in [2.75, 3.05) is 24.3 Å². The maximum atomic E-state index is 13.5. The molecular formula is C24H38N2O4Si. The monoisotopic (exact) mass is 446 g/mol. The fourth-order valence-corrected chi connectivity index (χ4v) is 12.2. The first-order chi connectivity index (χ1) is 14.5. The molecule has 0 aromatic heterocycles. The van der Waals surface area contributed by atoms with Gasteiger partial charge >= 0.3 is 0 Å². The van der Waals surface area contributed by atoms with Gasteiger partial charge in [0.2, 0.25) is 5.91 Å². The van der Waals surface area contributed by atoms with Crippen LogP contribution < -0.4 is 11.1 Å². The van der Waals surface area contributed by atoms with E-state index in [-0.39, 0.29) is 24.9 Å². The number of anilines is 2. The number of nitrogens with two attached hydrogens (primary N) is 1. The number of fused-ring (bicyclic) bond motifs is 2. The number of aliphatic hydroxyl groups excluding tert-OH is 1. The Hall–Kier alpha value is -1.70. The molecule has 4 atom stereocenters. The Morgan fingerprint density at radius 2 is 1.71 bits per heavy atom. The standard InChI is InChI=1S/C24H38N2O4Si/c1-13(2)31(14(3)4,15(5)6)30-12-18-20(11-27)24(16(7)22(18)28)19-9-8-17(25)10-21(19)26-23(24)29/h8-10,13-16,18,20,27H,11-12,25H2,1-7H3,(H,26,29)/t16-,18+,20+,24+/m1/s1. The molecule has 1 aromatic rings. The Bertz CT molecular complexity index is 847. The second kappa shape index (κ2) is 8.33. The summed E-state index contributed by atoms with van der Waals surface area (Å²) in [7, 11) is -2.19. The van der Waals surface area contributed by atoms with E-state index in [9.17, 15) is 14.7 Å². The van der Waals surface area contributed by atoms with Crippen LogP contribution in [-0.4, -0.2) is 38.3 Å². The van der Waals surface area contributed by atoms with E-state index in [1.807, 2.05) is 13.0 Å².